The Morgan fingerprint density at radius 3 is 2.71 bits per heavy atom. The van der Waals surface area contributed by atoms with Crippen LogP contribution >= 0.6 is 11.6 Å². The van der Waals surface area contributed by atoms with Crippen LogP contribution < -0.4 is 0 Å². The minimum Gasteiger partial charge on any atom is -0.338 e. The quantitative estimate of drug-likeness (QED) is 0.718. The van der Waals surface area contributed by atoms with Gasteiger partial charge in [0.25, 0.3) is 5.91 Å². The molecule has 2 heterocycles. The van der Waals surface area contributed by atoms with Gasteiger partial charge in [0, 0.05) is 24.8 Å². The summed E-state index contributed by atoms with van der Waals surface area (Å²) in [7, 11) is 0. The Balaban J connectivity index is 1.75. The summed E-state index contributed by atoms with van der Waals surface area (Å²) in [6.07, 6.45) is 5.49. The second kappa shape index (κ2) is 4.30. The lowest BCUT2D eigenvalue weighted by Crippen LogP contribution is -2.29. The highest BCUT2D eigenvalue weighted by Crippen LogP contribution is 2.38. The Bertz CT molecular complexity index is 437. The van der Waals surface area contributed by atoms with Crippen molar-refractivity contribution >= 4 is 17.5 Å². The van der Waals surface area contributed by atoms with E-state index in [1.54, 1.807) is 18.3 Å². The summed E-state index contributed by atoms with van der Waals surface area (Å²) in [6.45, 7) is 1.84. The summed E-state index contributed by atoms with van der Waals surface area (Å²) in [6, 6.07) is 3.39. The minimum atomic E-state index is 0.101. The number of likely N-dealkylation sites (tertiary alicyclic amines) is 1. The molecule has 1 aliphatic carbocycles. The molecule has 0 spiro atoms. The van der Waals surface area contributed by atoms with Crippen molar-refractivity contribution in [3.05, 3.63) is 29.0 Å². The van der Waals surface area contributed by atoms with Crippen LogP contribution in [0.3, 0.4) is 0 Å². The van der Waals surface area contributed by atoms with Crippen molar-refractivity contribution in [3.8, 4) is 0 Å². The molecular weight excluding hydrogens is 236 g/mol. The van der Waals surface area contributed by atoms with E-state index in [1.165, 1.54) is 19.3 Å². The van der Waals surface area contributed by atoms with Gasteiger partial charge in [0.05, 0.1) is 0 Å². The Hall–Kier alpha value is -1.09. The number of carbonyl (C=O) groups is 1. The maximum Gasteiger partial charge on any atom is 0.254 e. The third-order valence-electron chi connectivity index (χ3n) is 3.99. The van der Waals surface area contributed by atoms with Gasteiger partial charge in [0.2, 0.25) is 0 Å². The zero-order valence-corrected chi connectivity index (χ0v) is 10.4. The van der Waals surface area contributed by atoms with Gasteiger partial charge < -0.3 is 4.90 Å². The van der Waals surface area contributed by atoms with Crippen molar-refractivity contribution in [1.29, 1.82) is 0 Å². The maximum absolute atomic E-state index is 12.3. The van der Waals surface area contributed by atoms with Gasteiger partial charge in [0.1, 0.15) is 5.15 Å². The predicted molar refractivity (Wildman–Crippen MR) is 66.0 cm³/mol. The number of fused-ring (bicyclic) bond motifs is 1. The van der Waals surface area contributed by atoms with Gasteiger partial charge >= 0.3 is 0 Å². The average molecular weight is 251 g/mol. The fourth-order valence-corrected chi connectivity index (χ4v) is 3.29. The van der Waals surface area contributed by atoms with Gasteiger partial charge in [-0.2, -0.15) is 0 Å². The van der Waals surface area contributed by atoms with Crippen molar-refractivity contribution in [2.75, 3.05) is 13.1 Å². The fraction of sp³-hybridized carbons (Fsp3) is 0.538. The van der Waals surface area contributed by atoms with Crippen molar-refractivity contribution in [2.24, 2.45) is 11.8 Å². The predicted octanol–water partition coefficient (Wildman–Crippen LogP) is 2.61. The highest BCUT2D eigenvalue weighted by molar-refractivity contribution is 6.29. The Kier molecular flexibility index (Phi) is 2.79. The van der Waals surface area contributed by atoms with Crippen LogP contribution in [0, 0.1) is 11.8 Å². The Morgan fingerprint density at radius 1 is 1.35 bits per heavy atom. The molecule has 2 fully saturated rings. The topological polar surface area (TPSA) is 33.2 Å². The van der Waals surface area contributed by atoms with Crippen LogP contribution in [0.15, 0.2) is 18.3 Å². The summed E-state index contributed by atoms with van der Waals surface area (Å²) >= 11 is 5.81. The zero-order valence-electron chi connectivity index (χ0n) is 9.60. The Labute approximate surface area is 106 Å². The molecule has 3 rings (SSSR count). The Morgan fingerprint density at radius 2 is 2.06 bits per heavy atom. The van der Waals surface area contributed by atoms with Gasteiger partial charge in [-0.1, -0.05) is 18.0 Å². The number of hydrogen-bond donors (Lipinski definition) is 0. The van der Waals surface area contributed by atoms with E-state index >= 15 is 0 Å². The molecule has 0 radical (unpaired) electrons. The minimum absolute atomic E-state index is 0.101. The van der Waals surface area contributed by atoms with Crippen molar-refractivity contribution in [1.82, 2.24) is 9.88 Å². The number of carbonyl (C=O) groups excluding carboxylic acids is 1. The second-order valence-corrected chi connectivity index (χ2v) is 5.42. The molecule has 90 valence electrons. The van der Waals surface area contributed by atoms with E-state index in [2.05, 4.69) is 4.98 Å². The maximum atomic E-state index is 12.3. The van der Waals surface area contributed by atoms with E-state index in [0.717, 1.165) is 24.9 Å². The molecule has 1 aliphatic heterocycles. The average Bonchev–Trinajstić information content (AvgIpc) is 2.88. The van der Waals surface area contributed by atoms with Crippen LogP contribution in [-0.4, -0.2) is 28.9 Å². The number of rotatable bonds is 1. The number of halogens is 1. The first-order valence-corrected chi connectivity index (χ1v) is 6.52. The van der Waals surface area contributed by atoms with Crippen molar-refractivity contribution in [2.45, 2.75) is 19.3 Å². The number of nitrogens with zero attached hydrogens (tertiary/aromatic N) is 2. The van der Waals surface area contributed by atoms with Gasteiger partial charge in [-0.3, -0.25) is 4.79 Å². The SMILES string of the molecule is O=C(c1ccnc(Cl)c1)N1CC2CCCC2C1. The van der Waals surface area contributed by atoms with Gasteiger partial charge in [-0.15, -0.1) is 0 Å². The highest BCUT2D eigenvalue weighted by Gasteiger charge is 2.38. The highest BCUT2D eigenvalue weighted by atomic mass is 35.5. The standard InChI is InChI=1S/C13H15ClN2O/c14-12-6-9(4-5-15-12)13(17)16-7-10-2-1-3-11(10)8-16/h4-6,10-11H,1-3,7-8H2. The van der Waals surface area contributed by atoms with E-state index in [-0.39, 0.29) is 5.91 Å². The van der Waals surface area contributed by atoms with Crippen molar-refractivity contribution in [3.63, 3.8) is 0 Å². The normalized spacial score (nSPS) is 27.2. The smallest absolute Gasteiger partial charge is 0.254 e. The van der Waals surface area contributed by atoms with Crippen LogP contribution in [0.25, 0.3) is 0 Å². The monoisotopic (exact) mass is 250 g/mol. The van der Waals surface area contributed by atoms with Gasteiger partial charge in [-0.05, 0) is 36.8 Å². The molecule has 0 N–H and O–H groups in total. The molecule has 2 aliphatic rings. The van der Waals surface area contributed by atoms with Crippen LogP contribution in [0.4, 0.5) is 0 Å². The van der Waals surface area contributed by atoms with Crippen LogP contribution in [0.5, 0.6) is 0 Å². The number of hydrogen-bond acceptors (Lipinski definition) is 2. The van der Waals surface area contributed by atoms with Crippen LogP contribution in [-0.2, 0) is 0 Å². The summed E-state index contributed by atoms with van der Waals surface area (Å²) in [5, 5.41) is 0.384. The van der Waals surface area contributed by atoms with E-state index in [9.17, 15) is 4.79 Å². The molecule has 2 atom stereocenters. The number of amides is 1. The molecule has 17 heavy (non-hydrogen) atoms. The largest absolute Gasteiger partial charge is 0.338 e. The second-order valence-electron chi connectivity index (χ2n) is 5.03. The molecule has 0 bridgehead atoms. The molecule has 2 unspecified atom stereocenters. The molecule has 1 aromatic rings. The van der Waals surface area contributed by atoms with E-state index in [4.69, 9.17) is 11.6 Å². The molecule has 4 heteroatoms. The molecular formula is C13H15ClN2O. The third-order valence-corrected chi connectivity index (χ3v) is 4.19. The van der Waals surface area contributed by atoms with Gasteiger partial charge in [0.15, 0.2) is 0 Å². The molecule has 3 nitrogen and oxygen atoms in total. The van der Waals surface area contributed by atoms with Crippen LogP contribution in [0.2, 0.25) is 5.15 Å². The van der Waals surface area contributed by atoms with Crippen LogP contribution in [0.1, 0.15) is 29.6 Å². The fourth-order valence-electron chi connectivity index (χ4n) is 3.12. The summed E-state index contributed by atoms with van der Waals surface area (Å²) in [5.74, 6) is 1.57. The zero-order chi connectivity index (χ0) is 11.8. The summed E-state index contributed by atoms with van der Waals surface area (Å²) in [4.78, 5) is 18.1. The lowest BCUT2D eigenvalue weighted by molar-refractivity contribution is 0.0780. The third kappa shape index (κ3) is 2.04. The molecule has 1 aromatic heterocycles. The first-order chi connectivity index (χ1) is 8.24. The molecule has 1 amide bonds. The number of aromatic nitrogens is 1. The first kappa shape index (κ1) is 11.0. The van der Waals surface area contributed by atoms with Gasteiger partial charge in [-0.25, -0.2) is 4.98 Å². The first-order valence-electron chi connectivity index (χ1n) is 6.15. The van der Waals surface area contributed by atoms with Crippen molar-refractivity contribution < 1.29 is 4.79 Å². The van der Waals surface area contributed by atoms with E-state index in [0.29, 0.717) is 10.7 Å². The summed E-state index contributed by atoms with van der Waals surface area (Å²) in [5.41, 5.74) is 0.657. The van der Waals surface area contributed by atoms with E-state index in [1.807, 2.05) is 4.90 Å². The lowest BCUT2D eigenvalue weighted by Gasteiger charge is -2.17. The molecule has 1 saturated carbocycles. The van der Waals surface area contributed by atoms with E-state index < -0.39 is 0 Å². The lowest BCUT2D eigenvalue weighted by atomic mass is 10.0. The molecule has 1 saturated heterocycles. The summed E-state index contributed by atoms with van der Waals surface area (Å²) < 4.78 is 0. The molecule has 0 aromatic carbocycles. The number of pyridine rings is 1.